The van der Waals surface area contributed by atoms with Gasteiger partial charge in [0.25, 0.3) is 0 Å². The predicted octanol–water partition coefficient (Wildman–Crippen LogP) is 4.68. The van der Waals surface area contributed by atoms with Gasteiger partial charge in [-0.1, -0.05) is 54.4 Å². The van der Waals surface area contributed by atoms with Crippen LogP contribution in [-0.2, 0) is 6.42 Å². The Labute approximate surface area is 124 Å². The number of hydrogen-bond acceptors (Lipinski definition) is 1. The highest BCUT2D eigenvalue weighted by Gasteiger charge is 2.15. The molecule has 1 atom stereocenters. The Kier molecular flexibility index (Phi) is 5.16. The molecule has 0 bridgehead atoms. The molecule has 0 saturated carbocycles. The second-order valence-electron chi connectivity index (χ2n) is 4.97. The molecule has 1 nitrogen and oxygen atoms in total. The standard InChI is InChI=1S/C17H19ClFN/c1-3-20-17(10-13-6-4-5-12(2)9-13)15-8-7-14(19)11-16(15)18/h4-9,11,17,20H,3,10H2,1-2H3. The zero-order valence-corrected chi connectivity index (χ0v) is 12.5. The van der Waals surface area contributed by atoms with Crippen molar-refractivity contribution in [1.29, 1.82) is 0 Å². The molecule has 0 fully saturated rings. The van der Waals surface area contributed by atoms with E-state index in [1.807, 2.05) is 0 Å². The van der Waals surface area contributed by atoms with Crippen LogP contribution in [0.25, 0.3) is 0 Å². The summed E-state index contributed by atoms with van der Waals surface area (Å²) in [7, 11) is 0. The Hall–Kier alpha value is -1.38. The third kappa shape index (κ3) is 3.81. The molecular formula is C17H19ClFN. The number of halogens is 2. The largest absolute Gasteiger partial charge is 0.310 e. The highest BCUT2D eigenvalue weighted by molar-refractivity contribution is 6.31. The average molecular weight is 292 g/mol. The maximum absolute atomic E-state index is 13.2. The van der Waals surface area contributed by atoms with Crippen molar-refractivity contribution < 1.29 is 4.39 Å². The second kappa shape index (κ2) is 6.87. The molecule has 1 N–H and O–H groups in total. The van der Waals surface area contributed by atoms with Crippen molar-refractivity contribution in [2.24, 2.45) is 0 Å². The number of nitrogens with one attached hydrogen (secondary N) is 1. The summed E-state index contributed by atoms with van der Waals surface area (Å²) in [5, 5.41) is 3.90. The molecule has 0 radical (unpaired) electrons. The number of likely N-dealkylation sites (N-methyl/N-ethyl adjacent to an activating group) is 1. The molecule has 106 valence electrons. The fraction of sp³-hybridized carbons (Fsp3) is 0.294. The molecule has 0 aromatic heterocycles. The van der Waals surface area contributed by atoms with Gasteiger partial charge in [-0.3, -0.25) is 0 Å². The van der Waals surface area contributed by atoms with Gasteiger partial charge in [0.2, 0.25) is 0 Å². The van der Waals surface area contributed by atoms with Crippen molar-refractivity contribution >= 4 is 11.6 Å². The van der Waals surface area contributed by atoms with E-state index in [2.05, 4.69) is 43.4 Å². The molecule has 2 rings (SSSR count). The van der Waals surface area contributed by atoms with Gasteiger partial charge in [-0.05, 0) is 43.1 Å². The summed E-state index contributed by atoms with van der Waals surface area (Å²) in [5.41, 5.74) is 3.43. The van der Waals surface area contributed by atoms with Crippen molar-refractivity contribution in [3.8, 4) is 0 Å². The van der Waals surface area contributed by atoms with Crippen LogP contribution in [0.2, 0.25) is 5.02 Å². The fourth-order valence-electron chi connectivity index (χ4n) is 2.40. The van der Waals surface area contributed by atoms with Gasteiger partial charge in [0, 0.05) is 11.1 Å². The van der Waals surface area contributed by atoms with E-state index in [1.54, 1.807) is 6.07 Å². The van der Waals surface area contributed by atoms with Gasteiger partial charge in [-0.15, -0.1) is 0 Å². The lowest BCUT2D eigenvalue weighted by atomic mass is 9.97. The quantitative estimate of drug-likeness (QED) is 0.843. The molecule has 3 heteroatoms. The van der Waals surface area contributed by atoms with Gasteiger partial charge in [-0.25, -0.2) is 4.39 Å². The first-order valence-electron chi connectivity index (χ1n) is 6.84. The van der Waals surface area contributed by atoms with Crippen LogP contribution in [0.1, 0.15) is 29.7 Å². The molecule has 0 heterocycles. The summed E-state index contributed by atoms with van der Waals surface area (Å²) in [4.78, 5) is 0. The van der Waals surface area contributed by atoms with E-state index in [-0.39, 0.29) is 11.9 Å². The second-order valence-corrected chi connectivity index (χ2v) is 5.38. The Balaban J connectivity index is 2.26. The monoisotopic (exact) mass is 291 g/mol. The van der Waals surface area contributed by atoms with Gasteiger partial charge in [0.05, 0.1) is 0 Å². The van der Waals surface area contributed by atoms with Crippen LogP contribution in [0.3, 0.4) is 0 Å². The first kappa shape index (κ1) is 15.0. The van der Waals surface area contributed by atoms with Crippen LogP contribution >= 0.6 is 11.6 Å². The minimum atomic E-state index is -0.301. The van der Waals surface area contributed by atoms with Crippen molar-refractivity contribution in [2.75, 3.05) is 6.54 Å². The summed E-state index contributed by atoms with van der Waals surface area (Å²) in [6, 6.07) is 13.1. The lowest BCUT2D eigenvalue weighted by molar-refractivity contribution is 0.547. The lowest BCUT2D eigenvalue weighted by Crippen LogP contribution is -2.23. The van der Waals surface area contributed by atoms with Crippen molar-refractivity contribution in [3.63, 3.8) is 0 Å². The molecule has 0 aliphatic heterocycles. The smallest absolute Gasteiger partial charge is 0.124 e. The van der Waals surface area contributed by atoms with Crippen molar-refractivity contribution in [1.82, 2.24) is 5.32 Å². The van der Waals surface area contributed by atoms with Crippen LogP contribution < -0.4 is 5.32 Å². The van der Waals surface area contributed by atoms with E-state index in [0.29, 0.717) is 5.02 Å². The summed E-state index contributed by atoms with van der Waals surface area (Å²) >= 11 is 6.18. The molecule has 20 heavy (non-hydrogen) atoms. The van der Waals surface area contributed by atoms with Crippen molar-refractivity contribution in [2.45, 2.75) is 26.3 Å². The number of hydrogen-bond donors (Lipinski definition) is 1. The molecule has 1 unspecified atom stereocenters. The Morgan fingerprint density at radius 1 is 1.20 bits per heavy atom. The Morgan fingerprint density at radius 2 is 2.00 bits per heavy atom. The van der Waals surface area contributed by atoms with Gasteiger partial charge in [0.15, 0.2) is 0 Å². The first-order valence-corrected chi connectivity index (χ1v) is 7.22. The number of rotatable bonds is 5. The molecule has 0 aliphatic carbocycles. The lowest BCUT2D eigenvalue weighted by Gasteiger charge is -2.20. The summed E-state index contributed by atoms with van der Waals surface area (Å²) in [6.07, 6.45) is 0.834. The third-order valence-electron chi connectivity index (χ3n) is 3.31. The summed E-state index contributed by atoms with van der Waals surface area (Å²) in [5.74, 6) is -0.301. The first-order chi connectivity index (χ1) is 9.60. The minimum Gasteiger partial charge on any atom is -0.310 e. The normalized spacial score (nSPS) is 12.4. The van der Waals surface area contributed by atoms with Gasteiger partial charge in [-0.2, -0.15) is 0 Å². The Bertz CT molecular complexity index is 583. The van der Waals surface area contributed by atoms with Gasteiger partial charge in [0.1, 0.15) is 5.82 Å². The highest BCUT2D eigenvalue weighted by Crippen LogP contribution is 2.26. The molecule has 2 aromatic carbocycles. The molecule has 0 aliphatic rings. The van der Waals surface area contributed by atoms with E-state index < -0.39 is 0 Å². The minimum absolute atomic E-state index is 0.0925. The molecule has 0 saturated heterocycles. The van der Waals surface area contributed by atoms with E-state index in [0.717, 1.165) is 18.5 Å². The van der Waals surface area contributed by atoms with E-state index >= 15 is 0 Å². The maximum atomic E-state index is 13.2. The van der Waals surface area contributed by atoms with Gasteiger partial charge < -0.3 is 5.32 Å². The third-order valence-corrected chi connectivity index (χ3v) is 3.64. The summed E-state index contributed by atoms with van der Waals surface area (Å²) in [6.45, 7) is 4.97. The van der Waals surface area contributed by atoms with Crippen LogP contribution in [0.4, 0.5) is 4.39 Å². The van der Waals surface area contributed by atoms with Crippen LogP contribution in [0.15, 0.2) is 42.5 Å². The maximum Gasteiger partial charge on any atom is 0.124 e. The Morgan fingerprint density at radius 3 is 2.65 bits per heavy atom. The molecule has 2 aromatic rings. The van der Waals surface area contributed by atoms with E-state index in [1.165, 1.54) is 23.3 Å². The highest BCUT2D eigenvalue weighted by atomic mass is 35.5. The van der Waals surface area contributed by atoms with Crippen LogP contribution in [0.5, 0.6) is 0 Å². The molecular weight excluding hydrogens is 273 g/mol. The number of aryl methyl sites for hydroxylation is 1. The van der Waals surface area contributed by atoms with E-state index in [9.17, 15) is 4.39 Å². The zero-order valence-electron chi connectivity index (χ0n) is 11.8. The fourth-order valence-corrected chi connectivity index (χ4v) is 2.70. The van der Waals surface area contributed by atoms with Crippen molar-refractivity contribution in [3.05, 3.63) is 70.0 Å². The SMILES string of the molecule is CCNC(Cc1cccc(C)c1)c1ccc(F)cc1Cl. The van der Waals surface area contributed by atoms with Crippen LogP contribution in [0, 0.1) is 12.7 Å². The van der Waals surface area contributed by atoms with E-state index in [4.69, 9.17) is 11.6 Å². The average Bonchev–Trinajstić information content (AvgIpc) is 2.38. The number of benzene rings is 2. The zero-order chi connectivity index (χ0) is 14.5. The van der Waals surface area contributed by atoms with Gasteiger partial charge >= 0.3 is 0 Å². The summed E-state index contributed by atoms with van der Waals surface area (Å²) < 4.78 is 13.2. The van der Waals surface area contributed by atoms with Crippen LogP contribution in [-0.4, -0.2) is 6.54 Å². The molecule has 0 amide bonds. The topological polar surface area (TPSA) is 12.0 Å². The predicted molar refractivity (Wildman–Crippen MR) is 82.7 cm³/mol. The molecule has 0 spiro atoms.